The molecule has 0 bridgehead atoms. The number of anilines is 3. The highest BCUT2D eigenvalue weighted by Crippen LogP contribution is 2.40. The number of carbonyl (C=O) groups excluding carboxylic acids is 3. The molecule has 0 unspecified atom stereocenters. The highest BCUT2D eigenvalue weighted by molar-refractivity contribution is 6.21. The molecule has 0 fully saturated rings. The van der Waals surface area contributed by atoms with E-state index in [0.717, 1.165) is 9.58 Å². The van der Waals surface area contributed by atoms with Gasteiger partial charge in [-0.05, 0) is 51.1 Å². The Labute approximate surface area is 230 Å². The Morgan fingerprint density at radius 3 is 2.17 bits per heavy atom. The van der Waals surface area contributed by atoms with E-state index in [-0.39, 0.29) is 6.42 Å². The molecule has 1 aliphatic rings. The first-order chi connectivity index (χ1) is 19.0. The lowest BCUT2D eigenvalue weighted by Gasteiger charge is -2.25. The number of carbonyl (C=O) groups is 4. The minimum atomic E-state index is -1.32. The van der Waals surface area contributed by atoms with Crippen LogP contribution in [0.2, 0.25) is 0 Å². The number of fused-ring (bicyclic) bond motifs is 2. The van der Waals surface area contributed by atoms with Crippen molar-refractivity contribution in [2.45, 2.75) is 32.8 Å². The minimum absolute atomic E-state index is 0.165. The maximum Gasteiger partial charge on any atom is 0.435 e. The van der Waals surface area contributed by atoms with E-state index in [9.17, 15) is 24.3 Å². The van der Waals surface area contributed by atoms with Crippen LogP contribution >= 0.6 is 0 Å². The van der Waals surface area contributed by atoms with Gasteiger partial charge in [0, 0.05) is 17.5 Å². The van der Waals surface area contributed by atoms with Gasteiger partial charge in [0.2, 0.25) is 11.8 Å². The van der Waals surface area contributed by atoms with Crippen LogP contribution in [0.5, 0.6) is 0 Å². The summed E-state index contributed by atoms with van der Waals surface area (Å²) in [5.74, 6) is -3.75. The molecule has 1 atom stereocenters. The van der Waals surface area contributed by atoms with E-state index in [0.29, 0.717) is 33.7 Å². The van der Waals surface area contributed by atoms with Crippen LogP contribution in [0, 0.1) is 5.92 Å². The van der Waals surface area contributed by atoms with Crippen LogP contribution in [-0.4, -0.2) is 50.9 Å². The molecule has 40 heavy (non-hydrogen) atoms. The molecule has 4 aromatic rings. The van der Waals surface area contributed by atoms with Gasteiger partial charge in [0.15, 0.2) is 0 Å². The quantitative estimate of drug-likeness (QED) is 0.362. The summed E-state index contributed by atoms with van der Waals surface area (Å²) in [6, 6.07) is 22.5. The van der Waals surface area contributed by atoms with Gasteiger partial charge in [0.1, 0.15) is 18.1 Å². The highest BCUT2D eigenvalue weighted by Gasteiger charge is 2.42. The van der Waals surface area contributed by atoms with Crippen molar-refractivity contribution < 1.29 is 29.0 Å². The van der Waals surface area contributed by atoms with Gasteiger partial charge in [0.25, 0.3) is 0 Å². The SMILES string of the molecule is CC(C)(C)OC(=O)n1nc(C[C@@H]2C(=O)N(CC(=O)O)c3ccccc3N(c3ccccc3)C2=O)c2ccccc21. The number of para-hydroxylation sites is 4. The summed E-state index contributed by atoms with van der Waals surface area (Å²) in [5, 5.41) is 14.7. The van der Waals surface area contributed by atoms with Gasteiger partial charge in [-0.15, -0.1) is 0 Å². The lowest BCUT2D eigenvalue weighted by Crippen LogP contribution is -2.43. The maximum absolute atomic E-state index is 14.2. The van der Waals surface area contributed by atoms with E-state index < -0.39 is 41.9 Å². The topological polar surface area (TPSA) is 122 Å². The maximum atomic E-state index is 14.2. The van der Waals surface area contributed by atoms with Crippen LogP contribution in [-0.2, 0) is 25.5 Å². The Morgan fingerprint density at radius 2 is 1.50 bits per heavy atom. The van der Waals surface area contributed by atoms with E-state index in [1.54, 1.807) is 93.6 Å². The molecule has 10 heteroatoms. The summed E-state index contributed by atoms with van der Waals surface area (Å²) in [6.45, 7) is 4.60. The van der Waals surface area contributed by atoms with Crippen molar-refractivity contribution in [2.75, 3.05) is 16.3 Å². The van der Waals surface area contributed by atoms with E-state index >= 15 is 0 Å². The molecule has 1 N–H and O–H groups in total. The Morgan fingerprint density at radius 1 is 0.875 bits per heavy atom. The third-order valence-corrected chi connectivity index (χ3v) is 6.43. The normalized spacial score (nSPS) is 15.6. The number of rotatable bonds is 5. The van der Waals surface area contributed by atoms with Gasteiger partial charge in [-0.1, -0.05) is 48.5 Å². The molecule has 1 aliphatic heterocycles. The summed E-state index contributed by atoms with van der Waals surface area (Å²) in [4.78, 5) is 55.6. The summed E-state index contributed by atoms with van der Waals surface area (Å²) in [6.07, 6.45) is -0.860. The first-order valence-corrected chi connectivity index (χ1v) is 12.8. The van der Waals surface area contributed by atoms with Crippen LogP contribution in [0.3, 0.4) is 0 Å². The molecule has 5 rings (SSSR count). The second-order valence-electron chi connectivity index (χ2n) is 10.4. The first kappa shape index (κ1) is 26.6. The van der Waals surface area contributed by atoms with Gasteiger partial charge in [0.05, 0.1) is 22.6 Å². The van der Waals surface area contributed by atoms with Crippen LogP contribution in [0.15, 0.2) is 78.9 Å². The average molecular weight is 541 g/mol. The minimum Gasteiger partial charge on any atom is -0.480 e. The largest absolute Gasteiger partial charge is 0.480 e. The predicted octanol–water partition coefficient (Wildman–Crippen LogP) is 4.77. The molecule has 0 aliphatic carbocycles. The number of ether oxygens (including phenoxy) is 1. The van der Waals surface area contributed by atoms with Crippen molar-refractivity contribution in [3.05, 3.63) is 84.6 Å². The lowest BCUT2D eigenvalue weighted by atomic mass is 9.98. The number of benzene rings is 3. The van der Waals surface area contributed by atoms with Crippen LogP contribution in [0.25, 0.3) is 10.9 Å². The fourth-order valence-corrected chi connectivity index (χ4v) is 4.80. The number of aliphatic carboxylic acids is 1. The molecule has 0 saturated carbocycles. The zero-order chi connectivity index (χ0) is 28.6. The molecule has 10 nitrogen and oxygen atoms in total. The number of amides is 2. The monoisotopic (exact) mass is 540 g/mol. The molecule has 204 valence electrons. The van der Waals surface area contributed by atoms with Crippen LogP contribution in [0.1, 0.15) is 26.5 Å². The fourth-order valence-electron chi connectivity index (χ4n) is 4.80. The summed E-state index contributed by atoms with van der Waals surface area (Å²) in [7, 11) is 0. The second kappa shape index (κ2) is 10.3. The number of carboxylic acids is 1. The van der Waals surface area contributed by atoms with Crippen molar-refractivity contribution in [1.29, 1.82) is 0 Å². The van der Waals surface area contributed by atoms with Crippen LogP contribution < -0.4 is 9.80 Å². The molecule has 1 aromatic heterocycles. The zero-order valence-electron chi connectivity index (χ0n) is 22.3. The Balaban J connectivity index is 1.64. The van der Waals surface area contributed by atoms with Crippen molar-refractivity contribution in [2.24, 2.45) is 5.92 Å². The third kappa shape index (κ3) is 5.03. The molecular formula is C30H28N4O6. The molecule has 0 spiro atoms. The molecule has 0 saturated heterocycles. The molecular weight excluding hydrogens is 512 g/mol. The molecule has 2 heterocycles. The smallest absolute Gasteiger partial charge is 0.435 e. The Kier molecular flexibility index (Phi) is 6.85. The van der Waals surface area contributed by atoms with Gasteiger partial charge in [-0.25, -0.2) is 4.79 Å². The number of nitrogens with zero attached hydrogens (tertiary/aromatic N) is 4. The summed E-state index contributed by atoms with van der Waals surface area (Å²) >= 11 is 0. The number of carboxylic acid groups (broad SMARTS) is 1. The van der Waals surface area contributed by atoms with E-state index in [1.165, 1.54) is 4.90 Å². The van der Waals surface area contributed by atoms with Gasteiger partial charge in [-0.3, -0.25) is 24.2 Å². The average Bonchev–Trinajstić information content (AvgIpc) is 3.25. The van der Waals surface area contributed by atoms with Crippen molar-refractivity contribution in [1.82, 2.24) is 9.78 Å². The highest BCUT2D eigenvalue weighted by atomic mass is 16.6. The van der Waals surface area contributed by atoms with Gasteiger partial charge >= 0.3 is 12.1 Å². The molecule has 3 aromatic carbocycles. The van der Waals surface area contributed by atoms with E-state index in [1.807, 2.05) is 6.07 Å². The molecule has 2 amide bonds. The molecule has 0 radical (unpaired) electrons. The number of hydrogen-bond donors (Lipinski definition) is 1. The Hall–Kier alpha value is -4.99. The fraction of sp³-hybridized carbons (Fsp3) is 0.233. The lowest BCUT2D eigenvalue weighted by molar-refractivity contribution is -0.138. The standard InChI is InChI=1S/C30H28N4O6/c1-30(2,3)40-29(39)34-23-14-8-7-13-20(23)22(31-34)17-21-27(37)32(18-26(35)36)24-15-9-10-16-25(24)33(28(21)38)19-11-5-4-6-12-19/h4-16,21H,17-18H2,1-3H3,(H,35,36)/t21-/m1/s1. The number of aromatic nitrogens is 2. The van der Waals surface area contributed by atoms with Gasteiger partial charge in [-0.2, -0.15) is 9.78 Å². The summed E-state index contributed by atoms with van der Waals surface area (Å²) < 4.78 is 6.65. The predicted molar refractivity (Wildman–Crippen MR) is 149 cm³/mol. The van der Waals surface area contributed by atoms with Crippen LogP contribution in [0.4, 0.5) is 21.9 Å². The van der Waals surface area contributed by atoms with E-state index in [2.05, 4.69) is 5.10 Å². The first-order valence-electron chi connectivity index (χ1n) is 12.8. The van der Waals surface area contributed by atoms with Crippen molar-refractivity contribution in [3.63, 3.8) is 0 Å². The second-order valence-corrected chi connectivity index (χ2v) is 10.4. The van der Waals surface area contributed by atoms with Gasteiger partial charge < -0.3 is 9.84 Å². The third-order valence-electron chi connectivity index (χ3n) is 6.43. The van der Waals surface area contributed by atoms with E-state index in [4.69, 9.17) is 4.74 Å². The van der Waals surface area contributed by atoms with Crippen molar-refractivity contribution >= 4 is 51.8 Å². The summed E-state index contributed by atoms with van der Waals surface area (Å²) in [5.41, 5.74) is 1.25. The Bertz CT molecular complexity index is 1620. The zero-order valence-corrected chi connectivity index (χ0v) is 22.3. The number of hydrogen-bond acceptors (Lipinski definition) is 6. The van der Waals surface area contributed by atoms with Crippen molar-refractivity contribution in [3.8, 4) is 0 Å².